The minimum atomic E-state index is 0.411. The molecular weight excluding hydrogens is 478 g/mol. The van der Waals surface area contributed by atoms with E-state index in [1.165, 1.54) is 28.8 Å². The van der Waals surface area contributed by atoms with E-state index in [4.69, 9.17) is 20.0 Å². The molecule has 6 rings (SSSR count). The Bertz CT molecular complexity index is 1350. The van der Waals surface area contributed by atoms with Crippen molar-refractivity contribution in [3.63, 3.8) is 0 Å². The van der Waals surface area contributed by atoms with Crippen LogP contribution in [0.4, 0.5) is 11.5 Å². The van der Waals surface area contributed by atoms with Gasteiger partial charge in [0, 0.05) is 49.7 Å². The van der Waals surface area contributed by atoms with E-state index in [0.29, 0.717) is 31.7 Å². The molecule has 1 atom stereocenters. The van der Waals surface area contributed by atoms with Gasteiger partial charge < -0.3 is 19.4 Å². The highest BCUT2D eigenvalue weighted by Crippen LogP contribution is 2.37. The molecule has 0 aliphatic carbocycles. The van der Waals surface area contributed by atoms with Crippen molar-refractivity contribution >= 4 is 22.4 Å². The fourth-order valence-electron chi connectivity index (χ4n) is 6.20. The van der Waals surface area contributed by atoms with E-state index in [2.05, 4.69) is 62.8 Å². The molecule has 2 saturated heterocycles. The van der Waals surface area contributed by atoms with Crippen molar-refractivity contribution in [2.24, 2.45) is 0 Å². The third-order valence-electron chi connectivity index (χ3n) is 8.61. The number of H-pyrrole nitrogens is 1. The number of nitriles is 1. The Morgan fingerprint density at radius 2 is 1.95 bits per heavy atom. The highest BCUT2D eigenvalue weighted by Gasteiger charge is 2.30. The molecule has 10 heteroatoms. The molecule has 38 heavy (non-hydrogen) atoms. The maximum atomic E-state index is 9.11. The van der Waals surface area contributed by atoms with Crippen molar-refractivity contribution in [2.75, 3.05) is 69.3 Å². The van der Waals surface area contributed by atoms with E-state index >= 15 is 0 Å². The highest BCUT2D eigenvalue weighted by molar-refractivity contribution is 5.94. The SMILES string of the molecule is Cc1cc2[nH]ncc2c(N2CCc3c(nc(OC[C@@H]4CCCN4C)nc3N3CCN(CC#N)CC3)C2)c1C. The Morgan fingerprint density at radius 1 is 1.11 bits per heavy atom. The first kappa shape index (κ1) is 24.9. The van der Waals surface area contributed by atoms with E-state index < -0.39 is 0 Å². The van der Waals surface area contributed by atoms with Gasteiger partial charge in [-0.15, -0.1) is 0 Å². The summed E-state index contributed by atoms with van der Waals surface area (Å²) in [6, 6.07) is 5.35. The van der Waals surface area contributed by atoms with Crippen LogP contribution in [0.3, 0.4) is 0 Å². The number of hydrogen-bond acceptors (Lipinski definition) is 9. The molecule has 0 amide bonds. The Labute approximate surface area is 224 Å². The van der Waals surface area contributed by atoms with Crippen LogP contribution in [-0.4, -0.2) is 95.5 Å². The Morgan fingerprint density at radius 3 is 2.71 bits per heavy atom. The first-order valence-electron chi connectivity index (χ1n) is 13.8. The van der Waals surface area contributed by atoms with Crippen LogP contribution >= 0.6 is 0 Å². The van der Waals surface area contributed by atoms with Crippen LogP contribution in [0.1, 0.15) is 35.2 Å². The highest BCUT2D eigenvalue weighted by atomic mass is 16.5. The predicted octanol–water partition coefficient (Wildman–Crippen LogP) is 2.65. The Kier molecular flexibility index (Phi) is 6.80. The summed E-state index contributed by atoms with van der Waals surface area (Å²) in [5, 5.41) is 17.7. The van der Waals surface area contributed by atoms with Gasteiger partial charge in [0.1, 0.15) is 12.4 Å². The fourth-order valence-corrected chi connectivity index (χ4v) is 6.20. The van der Waals surface area contributed by atoms with Crippen LogP contribution in [0.2, 0.25) is 0 Å². The average molecular weight is 516 g/mol. The van der Waals surface area contributed by atoms with Crippen LogP contribution in [0, 0.1) is 25.2 Å². The summed E-state index contributed by atoms with van der Waals surface area (Å²) in [5.74, 6) is 1.01. The number of fused-ring (bicyclic) bond motifs is 2. The molecule has 200 valence electrons. The lowest BCUT2D eigenvalue weighted by molar-refractivity contribution is 0.187. The average Bonchev–Trinajstić information content (AvgIpc) is 3.56. The quantitative estimate of drug-likeness (QED) is 0.497. The van der Waals surface area contributed by atoms with Crippen LogP contribution in [0.25, 0.3) is 10.9 Å². The van der Waals surface area contributed by atoms with Gasteiger partial charge in [-0.25, -0.2) is 0 Å². The molecule has 3 aliphatic heterocycles. The first-order chi connectivity index (χ1) is 18.5. The van der Waals surface area contributed by atoms with Crippen molar-refractivity contribution in [1.29, 1.82) is 5.26 Å². The van der Waals surface area contributed by atoms with Crippen LogP contribution in [-0.2, 0) is 13.0 Å². The van der Waals surface area contributed by atoms with Crippen molar-refractivity contribution in [2.45, 2.75) is 45.7 Å². The number of benzene rings is 1. The van der Waals surface area contributed by atoms with E-state index in [0.717, 1.165) is 74.5 Å². The maximum Gasteiger partial charge on any atom is 0.318 e. The summed E-state index contributed by atoms with van der Waals surface area (Å²) in [4.78, 5) is 19.4. The van der Waals surface area contributed by atoms with Crippen molar-refractivity contribution < 1.29 is 4.74 Å². The number of likely N-dealkylation sites (N-methyl/N-ethyl adjacent to an activating group) is 1. The smallest absolute Gasteiger partial charge is 0.318 e. The molecule has 0 saturated carbocycles. The minimum absolute atomic E-state index is 0.411. The number of aryl methyl sites for hydroxylation is 1. The van der Waals surface area contributed by atoms with Gasteiger partial charge in [-0.2, -0.15) is 20.3 Å². The van der Waals surface area contributed by atoms with Crippen molar-refractivity contribution in [3.05, 3.63) is 34.6 Å². The minimum Gasteiger partial charge on any atom is -0.462 e. The number of nitrogens with zero attached hydrogens (tertiary/aromatic N) is 8. The van der Waals surface area contributed by atoms with Gasteiger partial charge in [-0.05, 0) is 63.9 Å². The third kappa shape index (κ3) is 4.65. The summed E-state index contributed by atoms with van der Waals surface area (Å²) in [6.45, 7) is 11.6. The van der Waals surface area contributed by atoms with Gasteiger partial charge in [0.25, 0.3) is 0 Å². The molecular formula is C28H37N9O. The number of ether oxygens (including phenoxy) is 1. The number of hydrogen-bond donors (Lipinski definition) is 1. The molecule has 3 aliphatic rings. The molecule has 0 bridgehead atoms. The van der Waals surface area contributed by atoms with Gasteiger partial charge in [0.05, 0.1) is 42.3 Å². The summed E-state index contributed by atoms with van der Waals surface area (Å²) in [6.07, 6.45) is 5.17. The molecule has 0 unspecified atom stereocenters. The number of anilines is 2. The number of likely N-dealkylation sites (tertiary alicyclic amines) is 1. The molecule has 5 heterocycles. The summed E-state index contributed by atoms with van der Waals surface area (Å²) in [7, 11) is 2.17. The number of piperazine rings is 1. The molecule has 0 spiro atoms. The molecule has 3 aromatic rings. The van der Waals surface area contributed by atoms with E-state index in [1.807, 2.05) is 6.20 Å². The van der Waals surface area contributed by atoms with Crippen molar-refractivity contribution in [1.82, 2.24) is 30.0 Å². The number of nitrogens with one attached hydrogen (secondary N) is 1. The van der Waals surface area contributed by atoms with E-state index in [-0.39, 0.29) is 0 Å². The zero-order valence-corrected chi connectivity index (χ0v) is 22.7. The van der Waals surface area contributed by atoms with Crippen LogP contribution < -0.4 is 14.5 Å². The molecule has 1 aromatic carbocycles. The largest absolute Gasteiger partial charge is 0.462 e. The first-order valence-corrected chi connectivity index (χ1v) is 13.8. The normalized spacial score (nSPS) is 20.6. The Hall–Kier alpha value is -3.42. The lowest BCUT2D eigenvalue weighted by Gasteiger charge is -2.38. The summed E-state index contributed by atoms with van der Waals surface area (Å²) >= 11 is 0. The number of aromatic amines is 1. The fraction of sp³-hybridized carbons (Fsp3) is 0.571. The molecule has 10 nitrogen and oxygen atoms in total. The summed E-state index contributed by atoms with van der Waals surface area (Å²) in [5.41, 5.74) is 7.12. The van der Waals surface area contributed by atoms with Gasteiger partial charge in [-0.3, -0.25) is 10.00 Å². The molecule has 2 aromatic heterocycles. The standard InChI is InChI=1S/C28H37N9O/c1-19-15-24-23(16-30-33-24)26(20(19)2)37-9-6-22-25(17-37)31-28(38-18-21-5-4-8-34(21)3)32-27(22)36-13-11-35(10-7-29)12-14-36/h15-16,21H,4-6,8-14,17-18H2,1-3H3,(H,30,33)/t21-/m0/s1. The monoisotopic (exact) mass is 515 g/mol. The Balaban J connectivity index is 1.32. The second kappa shape index (κ2) is 10.4. The topological polar surface area (TPSA) is 100 Å². The predicted molar refractivity (Wildman–Crippen MR) is 148 cm³/mol. The second-order valence-electron chi connectivity index (χ2n) is 10.9. The van der Waals surface area contributed by atoms with Crippen LogP contribution in [0.5, 0.6) is 6.01 Å². The molecule has 0 radical (unpaired) electrons. The van der Waals surface area contributed by atoms with Crippen molar-refractivity contribution in [3.8, 4) is 12.1 Å². The molecule has 2 fully saturated rings. The van der Waals surface area contributed by atoms with E-state index in [9.17, 15) is 0 Å². The lowest BCUT2D eigenvalue weighted by atomic mass is 9.99. The second-order valence-corrected chi connectivity index (χ2v) is 10.9. The third-order valence-corrected chi connectivity index (χ3v) is 8.61. The zero-order chi connectivity index (χ0) is 26.2. The van der Waals surface area contributed by atoms with Gasteiger partial charge >= 0.3 is 6.01 Å². The van der Waals surface area contributed by atoms with Gasteiger partial charge in [0.15, 0.2) is 0 Å². The zero-order valence-electron chi connectivity index (χ0n) is 22.7. The summed E-state index contributed by atoms with van der Waals surface area (Å²) < 4.78 is 6.28. The van der Waals surface area contributed by atoms with Crippen LogP contribution in [0.15, 0.2) is 12.3 Å². The van der Waals surface area contributed by atoms with E-state index in [1.54, 1.807) is 0 Å². The van der Waals surface area contributed by atoms with Gasteiger partial charge in [-0.1, -0.05) is 0 Å². The van der Waals surface area contributed by atoms with Gasteiger partial charge in [0.2, 0.25) is 0 Å². The lowest BCUT2D eigenvalue weighted by Crippen LogP contribution is -2.47. The molecule has 1 N–H and O–H groups in total. The number of aromatic nitrogens is 4. The number of rotatable bonds is 6. The maximum absolute atomic E-state index is 9.11.